The molecule has 0 radical (unpaired) electrons. The standard InChI is InChI=1S/C6H5F.H4N2.H3O4P/c7-6-4-2-1-3-5-6;1-2;1-5(2,3)4/h1-5H;1-2H2;(H3,1,2,3,4). The Hall–Kier alpha value is -0.820. The maximum Gasteiger partial charge on any atom is 0.466 e. The fourth-order valence-electron chi connectivity index (χ4n) is 0.415. The lowest BCUT2D eigenvalue weighted by atomic mass is 10.4. The summed E-state index contributed by atoms with van der Waals surface area (Å²) >= 11 is 0. The van der Waals surface area contributed by atoms with Crippen molar-refractivity contribution in [3.8, 4) is 0 Å². The van der Waals surface area contributed by atoms with Gasteiger partial charge in [0.2, 0.25) is 0 Å². The fourth-order valence-corrected chi connectivity index (χ4v) is 0.415. The van der Waals surface area contributed by atoms with E-state index < -0.39 is 7.82 Å². The molecule has 7 N–H and O–H groups in total. The third-order valence-corrected chi connectivity index (χ3v) is 0.733. The lowest BCUT2D eigenvalue weighted by Gasteiger charge is -1.82. The molecule has 82 valence electrons. The normalized spacial score (nSPS) is 9.00. The van der Waals surface area contributed by atoms with Gasteiger partial charge in [0, 0.05) is 0 Å². The average Bonchev–Trinajstić information content (AvgIpc) is 2.06. The predicted molar refractivity (Wildman–Crippen MR) is 49.0 cm³/mol. The van der Waals surface area contributed by atoms with Crippen molar-refractivity contribution < 1.29 is 23.6 Å². The highest BCUT2D eigenvalue weighted by Crippen LogP contribution is 2.25. The van der Waals surface area contributed by atoms with Gasteiger partial charge < -0.3 is 14.7 Å². The highest BCUT2D eigenvalue weighted by Gasteiger charge is 2.00. The van der Waals surface area contributed by atoms with Crippen molar-refractivity contribution in [2.75, 3.05) is 0 Å². The first kappa shape index (κ1) is 15.6. The second-order valence-electron chi connectivity index (χ2n) is 1.81. The molecule has 14 heavy (non-hydrogen) atoms. The third-order valence-electron chi connectivity index (χ3n) is 0.733. The van der Waals surface area contributed by atoms with Crippen LogP contribution in [0.2, 0.25) is 0 Å². The molecule has 0 atom stereocenters. The number of hydrogen-bond donors (Lipinski definition) is 5. The van der Waals surface area contributed by atoms with Gasteiger partial charge in [0.25, 0.3) is 0 Å². The first-order valence-electron chi connectivity index (χ1n) is 3.22. The monoisotopic (exact) mass is 226 g/mol. The van der Waals surface area contributed by atoms with E-state index in [4.69, 9.17) is 19.2 Å². The second-order valence-corrected chi connectivity index (χ2v) is 2.84. The van der Waals surface area contributed by atoms with Crippen LogP contribution in [0.5, 0.6) is 0 Å². The SMILES string of the molecule is Fc1ccccc1.NN.O=P(O)(O)O. The molecular weight excluding hydrogens is 214 g/mol. The van der Waals surface area contributed by atoms with E-state index in [1.807, 2.05) is 0 Å². The van der Waals surface area contributed by atoms with Gasteiger partial charge >= 0.3 is 7.82 Å². The number of phosphoric acid groups is 1. The fraction of sp³-hybridized carbons (Fsp3) is 0. The molecule has 0 aliphatic carbocycles. The molecule has 0 aliphatic heterocycles. The summed E-state index contributed by atoms with van der Waals surface area (Å²) in [5.41, 5.74) is 0. The molecule has 0 aromatic heterocycles. The first-order chi connectivity index (χ1) is 6.39. The molecule has 0 fully saturated rings. The van der Waals surface area contributed by atoms with Gasteiger partial charge in [0.05, 0.1) is 0 Å². The van der Waals surface area contributed by atoms with Gasteiger partial charge in [-0.05, 0) is 12.1 Å². The van der Waals surface area contributed by atoms with E-state index in [-0.39, 0.29) is 5.82 Å². The Balaban J connectivity index is 0. The van der Waals surface area contributed by atoms with Crippen LogP contribution in [0, 0.1) is 5.82 Å². The Labute approximate surface area is 80.2 Å². The minimum atomic E-state index is -4.64. The molecule has 0 saturated carbocycles. The summed E-state index contributed by atoms with van der Waals surface area (Å²) in [5.74, 6) is 7.82. The van der Waals surface area contributed by atoms with E-state index >= 15 is 0 Å². The molecule has 0 saturated heterocycles. The zero-order valence-corrected chi connectivity index (χ0v) is 8.01. The average molecular weight is 226 g/mol. The smallest absolute Gasteiger partial charge is 0.303 e. The number of rotatable bonds is 0. The van der Waals surface area contributed by atoms with Gasteiger partial charge in [-0.25, -0.2) is 8.96 Å². The largest absolute Gasteiger partial charge is 0.466 e. The van der Waals surface area contributed by atoms with Crippen LogP contribution in [0.1, 0.15) is 0 Å². The van der Waals surface area contributed by atoms with Crippen LogP contribution in [-0.2, 0) is 4.57 Å². The Morgan fingerprint density at radius 3 is 1.50 bits per heavy atom. The lowest BCUT2D eigenvalue weighted by Crippen LogP contribution is -2.02. The molecule has 0 heterocycles. The summed E-state index contributed by atoms with van der Waals surface area (Å²) in [5, 5.41) is 0. The van der Waals surface area contributed by atoms with Crippen molar-refractivity contribution in [2.24, 2.45) is 11.7 Å². The summed E-state index contributed by atoms with van der Waals surface area (Å²) in [6, 6.07) is 7.94. The summed E-state index contributed by atoms with van der Waals surface area (Å²) in [6.07, 6.45) is 0. The van der Waals surface area contributed by atoms with Gasteiger partial charge in [-0.2, -0.15) is 0 Å². The van der Waals surface area contributed by atoms with Crippen LogP contribution < -0.4 is 11.7 Å². The Kier molecular flexibility index (Phi) is 9.79. The van der Waals surface area contributed by atoms with Crippen molar-refractivity contribution in [2.45, 2.75) is 0 Å². The van der Waals surface area contributed by atoms with E-state index in [1.54, 1.807) is 18.2 Å². The molecule has 1 aromatic carbocycles. The minimum Gasteiger partial charge on any atom is -0.303 e. The summed E-state index contributed by atoms with van der Waals surface area (Å²) in [4.78, 5) is 21.6. The minimum absolute atomic E-state index is 0.178. The van der Waals surface area contributed by atoms with Crippen molar-refractivity contribution in [3.05, 3.63) is 36.1 Å². The Morgan fingerprint density at radius 2 is 1.36 bits per heavy atom. The van der Waals surface area contributed by atoms with Crippen LogP contribution >= 0.6 is 7.82 Å². The quantitative estimate of drug-likeness (QED) is 0.235. The Morgan fingerprint density at radius 1 is 1.07 bits per heavy atom. The molecule has 0 bridgehead atoms. The second kappa shape index (κ2) is 8.76. The van der Waals surface area contributed by atoms with Crippen molar-refractivity contribution >= 4 is 7.82 Å². The number of hydrogen-bond acceptors (Lipinski definition) is 3. The van der Waals surface area contributed by atoms with E-state index in [0.717, 1.165) is 0 Å². The molecule has 0 aliphatic rings. The highest BCUT2D eigenvalue weighted by molar-refractivity contribution is 7.45. The maximum atomic E-state index is 11.9. The van der Waals surface area contributed by atoms with Crippen LogP contribution in [0.15, 0.2) is 30.3 Å². The number of halogens is 1. The van der Waals surface area contributed by atoms with E-state index in [1.165, 1.54) is 12.1 Å². The molecule has 0 amide bonds. The highest BCUT2D eigenvalue weighted by atomic mass is 31.2. The summed E-state index contributed by atoms with van der Waals surface area (Å²) in [7, 11) is -4.64. The van der Waals surface area contributed by atoms with Crippen LogP contribution in [0.3, 0.4) is 0 Å². The van der Waals surface area contributed by atoms with Gasteiger partial charge in [0.15, 0.2) is 0 Å². The van der Waals surface area contributed by atoms with Crippen LogP contribution in [0.4, 0.5) is 4.39 Å². The van der Waals surface area contributed by atoms with Crippen LogP contribution in [-0.4, -0.2) is 14.7 Å². The third kappa shape index (κ3) is 22.5. The first-order valence-corrected chi connectivity index (χ1v) is 4.78. The predicted octanol–water partition coefficient (Wildman–Crippen LogP) is -0.284. The molecule has 6 nitrogen and oxygen atoms in total. The van der Waals surface area contributed by atoms with E-state index in [0.29, 0.717) is 0 Å². The summed E-state index contributed by atoms with van der Waals surface area (Å²) in [6.45, 7) is 0. The van der Waals surface area contributed by atoms with Crippen molar-refractivity contribution in [1.29, 1.82) is 0 Å². The van der Waals surface area contributed by atoms with Gasteiger partial charge in [-0.3, -0.25) is 11.7 Å². The molecule has 1 rings (SSSR count). The number of hydrazine groups is 1. The zero-order valence-electron chi connectivity index (χ0n) is 7.12. The summed E-state index contributed by atoms with van der Waals surface area (Å²) < 4.78 is 20.8. The van der Waals surface area contributed by atoms with Crippen LogP contribution in [0.25, 0.3) is 0 Å². The maximum absolute atomic E-state index is 11.9. The van der Waals surface area contributed by atoms with Gasteiger partial charge in [-0.1, -0.05) is 18.2 Å². The topological polar surface area (TPSA) is 130 Å². The molecule has 0 spiro atoms. The molecule has 1 aromatic rings. The van der Waals surface area contributed by atoms with Crippen molar-refractivity contribution in [3.63, 3.8) is 0 Å². The molecule has 0 unspecified atom stereocenters. The lowest BCUT2D eigenvalue weighted by molar-refractivity contribution is 0.275. The Bertz CT molecular complexity index is 258. The number of benzene rings is 1. The van der Waals surface area contributed by atoms with E-state index in [9.17, 15) is 4.39 Å². The van der Waals surface area contributed by atoms with Crippen molar-refractivity contribution in [1.82, 2.24) is 0 Å². The van der Waals surface area contributed by atoms with E-state index in [2.05, 4.69) is 11.7 Å². The zero-order chi connectivity index (χ0) is 11.6. The molecular formula is C6H12FN2O4P. The van der Waals surface area contributed by atoms with Gasteiger partial charge in [0.1, 0.15) is 5.82 Å². The number of nitrogens with two attached hydrogens (primary N) is 2. The molecule has 8 heteroatoms. The van der Waals surface area contributed by atoms with Gasteiger partial charge in [-0.15, -0.1) is 0 Å².